The number of benzene rings is 18. The zero-order valence-electron chi connectivity index (χ0n) is 66.0. The van der Waals surface area contributed by atoms with Gasteiger partial charge in [0, 0.05) is 88.0 Å². The molecule has 0 saturated heterocycles. The fourth-order valence-electron chi connectivity index (χ4n) is 18.0. The second-order valence-corrected chi connectivity index (χ2v) is 31.0. The summed E-state index contributed by atoms with van der Waals surface area (Å²) < 4.78 is 9.22. The summed E-state index contributed by atoms with van der Waals surface area (Å²) >= 11 is 0. The Kier molecular flexibility index (Phi) is 17.3. The average molecular weight is 1560 g/mol. The average Bonchev–Trinajstić information content (AvgIpc) is 2.11. The molecule has 0 radical (unpaired) electrons. The number of para-hydroxylation sites is 6. The fraction of sp³-hybridized carbons (Fsp3) is 0. The predicted octanol–water partition coefficient (Wildman–Crippen LogP) is 28.3. The maximum absolute atomic E-state index is 5.30. The van der Waals surface area contributed by atoms with Gasteiger partial charge >= 0.3 is 0 Å². The lowest BCUT2D eigenvalue weighted by Crippen LogP contribution is -2.06. The Morgan fingerprint density at radius 1 is 0.131 bits per heavy atom. The highest BCUT2D eigenvalue weighted by molar-refractivity contribution is 6.14. The highest BCUT2D eigenvalue weighted by atomic mass is 15.2. The lowest BCUT2D eigenvalue weighted by atomic mass is 10.0. The Labute approximate surface area is 702 Å². The Balaban J connectivity index is 0.000000145. The van der Waals surface area contributed by atoms with Crippen LogP contribution < -0.4 is 0 Å². The molecule has 10 heteroatoms. The third-order valence-corrected chi connectivity index (χ3v) is 23.7. The van der Waals surface area contributed by atoms with Crippen molar-refractivity contribution >= 4 is 98.0 Å². The summed E-state index contributed by atoms with van der Waals surface area (Å²) in [6.07, 6.45) is 0. The third-order valence-electron chi connectivity index (χ3n) is 23.7. The van der Waals surface area contributed by atoms with Crippen molar-refractivity contribution in [3.63, 3.8) is 0 Å². The number of hydrogen-bond donors (Lipinski definition) is 0. The van der Waals surface area contributed by atoms with Crippen LogP contribution in [0.2, 0.25) is 0 Å². The first-order valence-electron chi connectivity index (χ1n) is 41.2. The van der Waals surface area contributed by atoms with Crippen molar-refractivity contribution in [3.05, 3.63) is 437 Å². The van der Waals surface area contributed by atoms with Crippen molar-refractivity contribution in [2.45, 2.75) is 0 Å². The molecule has 24 aromatic rings. The molecule has 570 valence electrons. The number of fused-ring (bicyclic) bond motifs is 13. The van der Waals surface area contributed by atoms with E-state index < -0.39 is 0 Å². The standard InChI is InChI=1S/C63H41N5.C49H31N5/c1-4-17-42(18-5-1)44-21-14-23-48(37-44)61-64-62(49-24-15-22-45(38-49)47-34-36-59-56(41-47)53-29-10-12-31-57(53)67(59)51-26-8-3-9-27-51)66-63(65-61)50-25-16-28-52(39-50)68-58-32-13-11-30-54(58)55-40-46(33-35-60(55)68)43-19-6-2-7-20-43;1-2-13-32(14-3-1)35-27-28-46-42(31-35)41-21-8-9-22-43(41)53(46)38-18-12-17-36(30-38)47-50-48(37-26-25-33-15-4-5-16-34(33)29-37)52-49(51-47)54-44-23-10-6-19-39(44)40-20-7-11-24-45(40)54/h1-41H;1-31H. The van der Waals surface area contributed by atoms with Crippen LogP contribution in [0.15, 0.2) is 437 Å². The van der Waals surface area contributed by atoms with Crippen LogP contribution in [0.3, 0.4) is 0 Å². The zero-order chi connectivity index (χ0) is 80.6. The molecule has 0 bridgehead atoms. The quantitative estimate of drug-likeness (QED) is 0.114. The first-order chi connectivity index (χ1) is 60.5. The monoisotopic (exact) mass is 1560 g/mol. The molecule has 0 amide bonds. The summed E-state index contributed by atoms with van der Waals surface area (Å²) in [4.78, 5) is 31.5. The Morgan fingerprint density at radius 2 is 0.385 bits per heavy atom. The minimum Gasteiger partial charge on any atom is -0.309 e. The van der Waals surface area contributed by atoms with E-state index in [1.165, 1.54) is 71.0 Å². The van der Waals surface area contributed by atoms with Gasteiger partial charge in [0.1, 0.15) is 0 Å². The topological polar surface area (TPSA) is 97.1 Å². The summed E-state index contributed by atoms with van der Waals surface area (Å²) in [6.45, 7) is 0. The maximum Gasteiger partial charge on any atom is 0.238 e. The summed E-state index contributed by atoms with van der Waals surface area (Å²) in [5, 5.41) is 11.9. The molecular formula is C112H72N10. The minimum absolute atomic E-state index is 0.580. The van der Waals surface area contributed by atoms with Crippen molar-refractivity contribution in [3.8, 4) is 124 Å². The molecule has 10 nitrogen and oxygen atoms in total. The van der Waals surface area contributed by atoms with Crippen molar-refractivity contribution in [2.75, 3.05) is 0 Å². The van der Waals surface area contributed by atoms with E-state index in [4.69, 9.17) is 29.9 Å². The van der Waals surface area contributed by atoms with Crippen molar-refractivity contribution < 1.29 is 0 Å². The van der Waals surface area contributed by atoms with Gasteiger partial charge in [-0.05, 0) is 177 Å². The normalized spacial score (nSPS) is 11.6. The fourth-order valence-corrected chi connectivity index (χ4v) is 18.0. The van der Waals surface area contributed by atoms with Crippen molar-refractivity contribution in [1.82, 2.24) is 48.2 Å². The second-order valence-electron chi connectivity index (χ2n) is 31.0. The van der Waals surface area contributed by atoms with Gasteiger partial charge in [0.05, 0.1) is 44.1 Å². The molecule has 6 aromatic heterocycles. The first-order valence-corrected chi connectivity index (χ1v) is 41.2. The van der Waals surface area contributed by atoms with Crippen LogP contribution >= 0.6 is 0 Å². The second kappa shape index (κ2) is 29.9. The Morgan fingerprint density at radius 3 is 0.803 bits per heavy atom. The van der Waals surface area contributed by atoms with E-state index in [2.05, 4.69) is 449 Å². The molecule has 24 rings (SSSR count). The smallest absolute Gasteiger partial charge is 0.238 e. The van der Waals surface area contributed by atoms with Crippen molar-refractivity contribution in [1.29, 1.82) is 0 Å². The highest BCUT2D eigenvalue weighted by Gasteiger charge is 2.23. The van der Waals surface area contributed by atoms with E-state index in [1.807, 2.05) is 6.07 Å². The van der Waals surface area contributed by atoms with Gasteiger partial charge in [-0.25, -0.2) is 19.9 Å². The largest absolute Gasteiger partial charge is 0.309 e. The molecule has 0 unspecified atom stereocenters. The first kappa shape index (κ1) is 70.8. The van der Waals surface area contributed by atoms with Crippen LogP contribution in [0, 0.1) is 0 Å². The lowest BCUT2D eigenvalue weighted by molar-refractivity contribution is 0.953. The molecule has 0 atom stereocenters. The van der Waals surface area contributed by atoms with E-state index in [-0.39, 0.29) is 0 Å². The molecule has 18 aromatic carbocycles. The van der Waals surface area contributed by atoms with Gasteiger partial charge in [0.2, 0.25) is 5.95 Å². The summed E-state index contributed by atoms with van der Waals surface area (Å²) in [5.74, 6) is 3.63. The van der Waals surface area contributed by atoms with Crippen LogP contribution in [0.1, 0.15) is 0 Å². The van der Waals surface area contributed by atoms with Gasteiger partial charge in [-0.2, -0.15) is 9.97 Å². The van der Waals surface area contributed by atoms with E-state index in [9.17, 15) is 0 Å². The molecule has 122 heavy (non-hydrogen) atoms. The van der Waals surface area contributed by atoms with E-state index in [0.717, 1.165) is 116 Å². The summed E-state index contributed by atoms with van der Waals surface area (Å²) in [7, 11) is 0. The van der Waals surface area contributed by atoms with Gasteiger partial charge in [0.25, 0.3) is 0 Å². The number of nitrogens with zero attached hydrogens (tertiary/aromatic N) is 10. The molecule has 0 aliphatic rings. The number of hydrogen-bond acceptors (Lipinski definition) is 6. The van der Waals surface area contributed by atoms with Crippen LogP contribution in [-0.2, 0) is 0 Å². The van der Waals surface area contributed by atoms with E-state index in [1.54, 1.807) is 0 Å². The molecule has 0 saturated carbocycles. The van der Waals surface area contributed by atoms with Gasteiger partial charge in [-0.3, -0.25) is 4.57 Å². The molecule has 0 N–H and O–H groups in total. The van der Waals surface area contributed by atoms with Crippen molar-refractivity contribution in [2.24, 2.45) is 0 Å². The maximum atomic E-state index is 5.30. The highest BCUT2D eigenvalue weighted by Crippen LogP contribution is 2.42. The SMILES string of the molecule is c1ccc(-c2ccc3c(c2)c2ccccc2n3-c2cccc(-c3nc(-c4ccc5ccccc5c4)nc(-n4c5ccccc5c5ccccc54)n3)c2)cc1.c1ccc(-c2cccc(-c3nc(-c4cccc(-c5ccc6c(c5)c5ccccc5n6-c5ccccc5)c4)nc(-c4cccc(-n5c6ccccc6c6cc(-c7ccccc7)ccc65)c4)n3)c2)cc1. The third kappa shape index (κ3) is 12.6. The minimum atomic E-state index is 0.580. The van der Waals surface area contributed by atoms with Gasteiger partial charge in [0.15, 0.2) is 29.1 Å². The molecule has 0 aliphatic heterocycles. The molecule has 6 heterocycles. The zero-order valence-corrected chi connectivity index (χ0v) is 66.0. The van der Waals surface area contributed by atoms with Crippen LogP contribution in [-0.4, -0.2) is 48.2 Å². The Bertz CT molecular complexity index is 8150. The molecule has 0 fully saturated rings. The Hall–Kier alpha value is -16.6. The van der Waals surface area contributed by atoms with Gasteiger partial charge in [-0.15, -0.1) is 0 Å². The van der Waals surface area contributed by atoms with Crippen LogP contribution in [0.25, 0.3) is 222 Å². The molecular weight excluding hydrogens is 1490 g/mol. The van der Waals surface area contributed by atoms with Crippen LogP contribution in [0.5, 0.6) is 0 Å². The summed E-state index contributed by atoms with van der Waals surface area (Å²) in [5.41, 5.74) is 26.0. The summed E-state index contributed by atoms with van der Waals surface area (Å²) in [6, 6.07) is 154. The van der Waals surface area contributed by atoms with E-state index in [0.29, 0.717) is 35.1 Å². The lowest BCUT2D eigenvalue weighted by Gasteiger charge is -2.13. The van der Waals surface area contributed by atoms with Gasteiger partial charge in [-0.1, -0.05) is 315 Å². The van der Waals surface area contributed by atoms with E-state index >= 15 is 0 Å². The number of aromatic nitrogens is 10. The predicted molar refractivity (Wildman–Crippen MR) is 503 cm³/mol. The molecule has 0 spiro atoms. The number of rotatable bonds is 13. The van der Waals surface area contributed by atoms with Crippen LogP contribution in [0.4, 0.5) is 0 Å². The van der Waals surface area contributed by atoms with Gasteiger partial charge < -0.3 is 13.7 Å². The molecule has 0 aliphatic carbocycles.